The van der Waals surface area contributed by atoms with E-state index in [9.17, 15) is 4.79 Å². The third-order valence-electron chi connectivity index (χ3n) is 3.71. The zero-order valence-corrected chi connectivity index (χ0v) is 13.3. The number of thioether (sulfide) groups is 1. The molecule has 0 aromatic carbocycles. The van der Waals surface area contributed by atoms with Crippen LogP contribution in [0.15, 0.2) is 30.7 Å². The molecule has 6 heteroatoms. The SMILES string of the molecule is CSCC(=O)N[C@@H]1CCCc2nc(-c3cccnc3)ncc21. The molecule has 2 aromatic rings. The van der Waals surface area contributed by atoms with Gasteiger partial charge in [0.1, 0.15) is 0 Å². The highest BCUT2D eigenvalue weighted by atomic mass is 32.2. The summed E-state index contributed by atoms with van der Waals surface area (Å²) in [6, 6.07) is 3.87. The summed E-state index contributed by atoms with van der Waals surface area (Å²) in [5.74, 6) is 1.25. The van der Waals surface area contributed by atoms with Gasteiger partial charge in [-0.15, -0.1) is 0 Å². The number of carbonyl (C=O) groups excluding carboxylic acids is 1. The molecule has 1 aliphatic rings. The first kappa shape index (κ1) is 15.0. The number of aromatic nitrogens is 3. The predicted molar refractivity (Wildman–Crippen MR) is 87.5 cm³/mol. The van der Waals surface area contributed by atoms with Gasteiger partial charge in [-0.2, -0.15) is 11.8 Å². The smallest absolute Gasteiger partial charge is 0.230 e. The van der Waals surface area contributed by atoms with Crippen molar-refractivity contribution in [2.24, 2.45) is 0 Å². The highest BCUT2D eigenvalue weighted by Gasteiger charge is 2.23. The molecule has 1 amide bonds. The molecule has 0 fully saturated rings. The molecular weight excluding hydrogens is 296 g/mol. The molecule has 1 N–H and O–H groups in total. The molecule has 2 aromatic heterocycles. The van der Waals surface area contributed by atoms with Crippen LogP contribution in [0.3, 0.4) is 0 Å². The van der Waals surface area contributed by atoms with Crippen LogP contribution in [-0.2, 0) is 11.2 Å². The summed E-state index contributed by atoms with van der Waals surface area (Å²) in [7, 11) is 0. The van der Waals surface area contributed by atoms with Crippen molar-refractivity contribution < 1.29 is 4.79 Å². The van der Waals surface area contributed by atoms with Gasteiger partial charge in [-0.25, -0.2) is 9.97 Å². The van der Waals surface area contributed by atoms with Crippen LogP contribution in [0.1, 0.15) is 30.1 Å². The van der Waals surface area contributed by atoms with Crippen LogP contribution in [0.5, 0.6) is 0 Å². The van der Waals surface area contributed by atoms with E-state index in [1.54, 1.807) is 12.4 Å². The van der Waals surface area contributed by atoms with Crippen molar-refractivity contribution >= 4 is 17.7 Å². The first-order chi connectivity index (χ1) is 10.8. The van der Waals surface area contributed by atoms with Gasteiger partial charge in [0, 0.05) is 35.4 Å². The van der Waals surface area contributed by atoms with E-state index in [2.05, 4.69) is 20.3 Å². The van der Waals surface area contributed by atoms with E-state index in [1.807, 2.05) is 24.6 Å². The summed E-state index contributed by atoms with van der Waals surface area (Å²) < 4.78 is 0. The molecule has 0 spiro atoms. The van der Waals surface area contributed by atoms with Crippen molar-refractivity contribution in [2.75, 3.05) is 12.0 Å². The van der Waals surface area contributed by atoms with Gasteiger partial charge in [0.2, 0.25) is 5.91 Å². The van der Waals surface area contributed by atoms with Gasteiger partial charge in [0.15, 0.2) is 5.82 Å². The summed E-state index contributed by atoms with van der Waals surface area (Å²) in [6.45, 7) is 0. The standard InChI is InChI=1S/C16H18N4OS/c1-22-10-15(21)19-13-5-2-6-14-12(13)9-18-16(20-14)11-4-3-7-17-8-11/h3-4,7-9,13H,2,5-6,10H2,1H3,(H,19,21)/t13-/m1/s1. The Morgan fingerprint density at radius 1 is 1.45 bits per heavy atom. The number of amides is 1. The number of carbonyl (C=O) groups is 1. The van der Waals surface area contributed by atoms with Crippen LogP contribution in [0.2, 0.25) is 0 Å². The minimum atomic E-state index is 0.0337. The zero-order valence-electron chi connectivity index (χ0n) is 12.5. The minimum absolute atomic E-state index is 0.0337. The molecule has 1 atom stereocenters. The van der Waals surface area contributed by atoms with Gasteiger partial charge < -0.3 is 5.32 Å². The van der Waals surface area contributed by atoms with Crippen molar-refractivity contribution in [3.63, 3.8) is 0 Å². The van der Waals surface area contributed by atoms with Crippen molar-refractivity contribution in [1.82, 2.24) is 20.3 Å². The summed E-state index contributed by atoms with van der Waals surface area (Å²) in [5.41, 5.74) is 3.00. The molecule has 1 aliphatic carbocycles. The van der Waals surface area contributed by atoms with Gasteiger partial charge in [-0.1, -0.05) is 0 Å². The molecule has 5 nitrogen and oxygen atoms in total. The number of nitrogens with one attached hydrogen (secondary N) is 1. The average molecular weight is 314 g/mol. The number of nitrogens with zero attached hydrogens (tertiary/aromatic N) is 3. The molecule has 0 radical (unpaired) electrons. The second-order valence-corrected chi connectivity index (χ2v) is 6.15. The van der Waals surface area contributed by atoms with Gasteiger partial charge in [0.25, 0.3) is 0 Å². The normalized spacial score (nSPS) is 16.9. The maximum atomic E-state index is 11.8. The Labute approximate surface area is 134 Å². The van der Waals surface area contributed by atoms with E-state index in [0.717, 1.165) is 36.1 Å². The predicted octanol–water partition coefficient (Wildman–Crippen LogP) is 2.40. The summed E-state index contributed by atoms with van der Waals surface area (Å²) in [6.07, 6.45) is 10.2. The highest BCUT2D eigenvalue weighted by Crippen LogP contribution is 2.29. The second-order valence-electron chi connectivity index (χ2n) is 5.28. The van der Waals surface area contributed by atoms with E-state index in [-0.39, 0.29) is 11.9 Å². The lowest BCUT2D eigenvalue weighted by molar-refractivity contribution is -0.119. The van der Waals surface area contributed by atoms with Crippen LogP contribution in [-0.4, -0.2) is 32.9 Å². The van der Waals surface area contributed by atoms with Gasteiger partial charge in [-0.3, -0.25) is 9.78 Å². The number of rotatable bonds is 4. The second kappa shape index (κ2) is 6.87. The fourth-order valence-corrected chi connectivity index (χ4v) is 3.04. The summed E-state index contributed by atoms with van der Waals surface area (Å²) in [5, 5.41) is 3.08. The first-order valence-electron chi connectivity index (χ1n) is 7.32. The Hall–Kier alpha value is -1.95. The van der Waals surface area contributed by atoms with Crippen LogP contribution in [0.4, 0.5) is 0 Å². The first-order valence-corrected chi connectivity index (χ1v) is 8.72. The Morgan fingerprint density at radius 3 is 3.14 bits per heavy atom. The Kier molecular flexibility index (Phi) is 4.68. The number of fused-ring (bicyclic) bond motifs is 1. The van der Waals surface area contributed by atoms with Crippen molar-refractivity contribution in [1.29, 1.82) is 0 Å². The van der Waals surface area contributed by atoms with Crippen LogP contribution in [0, 0.1) is 0 Å². The molecule has 0 unspecified atom stereocenters. The quantitative estimate of drug-likeness (QED) is 0.938. The Balaban J connectivity index is 1.85. The summed E-state index contributed by atoms with van der Waals surface area (Å²) >= 11 is 1.53. The molecule has 0 aliphatic heterocycles. The van der Waals surface area contributed by atoms with Crippen molar-refractivity contribution in [2.45, 2.75) is 25.3 Å². The highest BCUT2D eigenvalue weighted by molar-refractivity contribution is 7.99. The summed E-state index contributed by atoms with van der Waals surface area (Å²) in [4.78, 5) is 25.1. The van der Waals surface area contributed by atoms with Gasteiger partial charge in [-0.05, 0) is 37.7 Å². The molecule has 0 saturated heterocycles. The molecule has 114 valence electrons. The van der Waals surface area contributed by atoms with E-state index < -0.39 is 0 Å². The lowest BCUT2D eigenvalue weighted by Crippen LogP contribution is -2.32. The fraction of sp³-hybridized carbons (Fsp3) is 0.375. The number of aryl methyl sites for hydroxylation is 1. The van der Waals surface area contributed by atoms with Crippen LogP contribution in [0.25, 0.3) is 11.4 Å². The van der Waals surface area contributed by atoms with Gasteiger partial charge >= 0.3 is 0 Å². The van der Waals surface area contributed by atoms with Gasteiger partial charge in [0.05, 0.1) is 11.8 Å². The third-order valence-corrected chi connectivity index (χ3v) is 4.26. The Morgan fingerprint density at radius 2 is 2.36 bits per heavy atom. The zero-order chi connectivity index (χ0) is 15.4. The maximum Gasteiger partial charge on any atom is 0.230 e. The molecule has 22 heavy (non-hydrogen) atoms. The van der Waals surface area contributed by atoms with E-state index in [1.165, 1.54) is 11.8 Å². The molecular formula is C16H18N4OS. The van der Waals surface area contributed by atoms with E-state index in [4.69, 9.17) is 0 Å². The van der Waals surface area contributed by atoms with Crippen LogP contribution < -0.4 is 5.32 Å². The molecule has 2 heterocycles. The lowest BCUT2D eigenvalue weighted by atomic mass is 9.92. The monoisotopic (exact) mass is 314 g/mol. The number of hydrogen-bond acceptors (Lipinski definition) is 5. The average Bonchev–Trinajstić information content (AvgIpc) is 2.56. The topological polar surface area (TPSA) is 67.8 Å². The molecule has 3 rings (SSSR count). The van der Waals surface area contributed by atoms with E-state index >= 15 is 0 Å². The van der Waals surface area contributed by atoms with E-state index in [0.29, 0.717) is 11.6 Å². The maximum absolute atomic E-state index is 11.8. The lowest BCUT2D eigenvalue weighted by Gasteiger charge is -2.25. The largest absolute Gasteiger partial charge is 0.348 e. The van der Waals surface area contributed by atoms with Crippen molar-refractivity contribution in [3.05, 3.63) is 42.0 Å². The minimum Gasteiger partial charge on any atom is -0.348 e. The fourth-order valence-electron chi connectivity index (χ4n) is 2.70. The van der Waals surface area contributed by atoms with Crippen molar-refractivity contribution in [3.8, 4) is 11.4 Å². The molecule has 0 bridgehead atoms. The Bertz CT molecular complexity index is 662. The number of pyridine rings is 1. The number of hydrogen-bond donors (Lipinski definition) is 1. The molecule has 0 saturated carbocycles. The third kappa shape index (κ3) is 3.27. The van der Waals surface area contributed by atoms with Crippen LogP contribution >= 0.6 is 11.8 Å².